The van der Waals surface area contributed by atoms with Gasteiger partial charge < -0.3 is 19.9 Å². The van der Waals surface area contributed by atoms with Gasteiger partial charge in [-0.3, -0.25) is 4.99 Å². The summed E-state index contributed by atoms with van der Waals surface area (Å²) in [6.07, 6.45) is 1.52. The fraction of sp³-hybridized carbons (Fsp3) is 0.867. The molecule has 2 aliphatic heterocycles. The molecule has 0 spiro atoms. The van der Waals surface area contributed by atoms with Gasteiger partial charge in [0, 0.05) is 32.4 Å². The van der Waals surface area contributed by atoms with E-state index in [4.69, 9.17) is 4.74 Å². The number of aliphatic imine (C=N–C) groups is 1. The molecule has 1 amide bonds. The van der Waals surface area contributed by atoms with Crippen molar-refractivity contribution < 1.29 is 17.9 Å². The Morgan fingerprint density at radius 3 is 2.71 bits per heavy atom. The predicted octanol–water partition coefficient (Wildman–Crippen LogP) is 0.302. The maximum atomic E-state index is 12.2. The van der Waals surface area contributed by atoms with E-state index in [0.717, 1.165) is 5.96 Å². The third kappa shape index (κ3) is 5.54. The zero-order valence-electron chi connectivity index (χ0n) is 14.9. The summed E-state index contributed by atoms with van der Waals surface area (Å²) in [6, 6.07) is 0.156. The average Bonchev–Trinajstić information content (AvgIpc) is 2.83. The molecule has 0 radical (unpaired) electrons. The lowest BCUT2D eigenvalue weighted by molar-refractivity contribution is 0.0137. The summed E-state index contributed by atoms with van der Waals surface area (Å²) in [4.78, 5) is 20.5. The van der Waals surface area contributed by atoms with Gasteiger partial charge in [-0.25, -0.2) is 13.2 Å². The van der Waals surface area contributed by atoms with Crippen LogP contribution in [0.15, 0.2) is 4.99 Å². The van der Waals surface area contributed by atoms with Crippen molar-refractivity contribution in [3.63, 3.8) is 0 Å². The fourth-order valence-electron chi connectivity index (χ4n) is 2.76. The van der Waals surface area contributed by atoms with Crippen LogP contribution in [0.4, 0.5) is 4.79 Å². The first-order chi connectivity index (χ1) is 11.1. The first-order valence-corrected chi connectivity index (χ1v) is 10.3. The molecule has 2 aliphatic rings. The highest BCUT2D eigenvalue weighted by Gasteiger charge is 2.36. The SMILES string of the molecule is CC(C)(C)OC(=O)N1CCN2C(NCCCS(C)(=O)=O)=NCC2C1. The Bertz CT molecular complexity index is 597. The van der Waals surface area contributed by atoms with Gasteiger partial charge in [-0.15, -0.1) is 0 Å². The van der Waals surface area contributed by atoms with Gasteiger partial charge in [-0.05, 0) is 27.2 Å². The molecule has 8 nitrogen and oxygen atoms in total. The molecule has 2 rings (SSSR count). The highest BCUT2D eigenvalue weighted by atomic mass is 32.2. The van der Waals surface area contributed by atoms with E-state index in [9.17, 15) is 13.2 Å². The average molecular weight is 360 g/mol. The number of piperazine rings is 1. The van der Waals surface area contributed by atoms with Gasteiger partial charge in [-0.1, -0.05) is 0 Å². The summed E-state index contributed by atoms with van der Waals surface area (Å²) in [6.45, 7) is 8.66. The number of fused-ring (bicyclic) bond motifs is 1. The Kier molecular flexibility index (Phi) is 5.62. The van der Waals surface area contributed by atoms with Gasteiger partial charge in [0.15, 0.2) is 5.96 Å². The van der Waals surface area contributed by atoms with Crippen molar-refractivity contribution in [2.45, 2.75) is 38.8 Å². The van der Waals surface area contributed by atoms with Gasteiger partial charge in [0.05, 0.1) is 18.3 Å². The third-order valence-electron chi connectivity index (χ3n) is 3.83. The fourth-order valence-corrected chi connectivity index (χ4v) is 3.43. The Morgan fingerprint density at radius 2 is 2.08 bits per heavy atom. The van der Waals surface area contributed by atoms with Crippen LogP contribution in [-0.2, 0) is 14.6 Å². The number of hydrogen-bond donors (Lipinski definition) is 1. The molecule has 1 saturated heterocycles. The molecule has 0 bridgehead atoms. The quantitative estimate of drug-likeness (QED) is 0.725. The summed E-state index contributed by atoms with van der Waals surface area (Å²) in [5.41, 5.74) is -0.493. The minimum atomic E-state index is -2.93. The number of sulfone groups is 1. The van der Waals surface area contributed by atoms with Gasteiger partial charge in [0.25, 0.3) is 0 Å². The summed E-state index contributed by atoms with van der Waals surface area (Å²) >= 11 is 0. The molecular formula is C15H28N4O4S. The molecular weight excluding hydrogens is 332 g/mol. The minimum absolute atomic E-state index is 0.156. The zero-order valence-corrected chi connectivity index (χ0v) is 15.7. The molecule has 0 aromatic rings. The lowest BCUT2D eigenvalue weighted by Crippen LogP contribution is -2.57. The standard InChI is InChI=1S/C15H28N4O4S/c1-15(2,3)23-14(20)18-7-8-19-12(11-18)10-17-13(19)16-6-5-9-24(4,21)22/h12H,5-11H2,1-4H3,(H,16,17). The number of guanidine groups is 1. The monoisotopic (exact) mass is 360 g/mol. The Morgan fingerprint density at radius 1 is 1.38 bits per heavy atom. The summed E-state index contributed by atoms with van der Waals surface area (Å²) in [5.74, 6) is 0.973. The van der Waals surface area contributed by atoms with E-state index in [-0.39, 0.29) is 17.9 Å². The Balaban J connectivity index is 1.78. The highest BCUT2D eigenvalue weighted by molar-refractivity contribution is 7.90. The molecule has 0 aliphatic carbocycles. The van der Waals surface area contributed by atoms with Crippen LogP contribution in [0, 0.1) is 0 Å². The number of ether oxygens (including phenoxy) is 1. The second-order valence-corrected chi connectivity index (χ2v) is 9.61. The van der Waals surface area contributed by atoms with E-state index < -0.39 is 15.4 Å². The molecule has 0 saturated carbocycles. The van der Waals surface area contributed by atoms with E-state index in [1.54, 1.807) is 4.90 Å². The van der Waals surface area contributed by atoms with Crippen LogP contribution in [-0.4, -0.2) is 86.6 Å². The number of hydrogen-bond acceptors (Lipinski definition) is 7. The minimum Gasteiger partial charge on any atom is -0.444 e. The van der Waals surface area contributed by atoms with Crippen LogP contribution < -0.4 is 5.32 Å². The highest BCUT2D eigenvalue weighted by Crippen LogP contribution is 2.18. The molecule has 138 valence electrons. The number of nitrogens with one attached hydrogen (secondary N) is 1. The van der Waals surface area contributed by atoms with Crippen molar-refractivity contribution in [2.24, 2.45) is 4.99 Å². The van der Waals surface area contributed by atoms with Gasteiger partial charge in [0.2, 0.25) is 0 Å². The largest absolute Gasteiger partial charge is 0.444 e. The van der Waals surface area contributed by atoms with Gasteiger partial charge in [-0.2, -0.15) is 0 Å². The number of carbonyl (C=O) groups excluding carboxylic acids is 1. The molecule has 0 aromatic carbocycles. The van der Waals surface area contributed by atoms with Gasteiger partial charge >= 0.3 is 6.09 Å². The van der Waals surface area contributed by atoms with Crippen LogP contribution in [0.3, 0.4) is 0 Å². The van der Waals surface area contributed by atoms with Crippen molar-refractivity contribution >= 4 is 21.9 Å². The number of nitrogens with zero attached hydrogens (tertiary/aromatic N) is 3. The summed E-state index contributed by atoms with van der Waals surface area (Å²) in [7, 11) is -2.93. The predicted molar refractivity (Wildman–Crippen MR) is 92.9 cm³/mol. The summed E-state index contributed by atoms with van der Waals surface area (Å²) < 4.78 is 27.7. The van der Waals surface area contributed by atoms with Crippen LogP contribution in [0.25, 0.3) is 0 Å². The number of amides is 1. The van der Waals surface area contributed by atoms with E-state index in [0.29, 0.717) is 39.1 Å². The van der Waals surface area contributed by atoms with Crippen molar-refractivity contribution in [1.82, 2.24) is 15.1 Å². The maximum Gasteiger partial charge on any atom is 0.410 e. The van der Waals surface area contributed by atoms with Crippen molar-refractivity contribution in [1.29, 1.82) is 0 Å². The van der Waals surface area contributed by atoms with Crippen molar-refractivity contribution in [3.8, 4) is 0 Å². The van der Waals surface area contributed by atoms with Crippen LogP contribution in [0.2, 0.25) is 0 Å². The van der Waals surface area contributed by atoms with Crippen molar-refractivity contribution in [3.05, 3.63) is 0 Å². The molecule has 1 unspecified atom stereocenters. The van der Waals surface area contributed by atoms with E-state index in [1.165, 1.54) is 6.26 Å². The first-order valence-electron chi connectivity index (χ1n) is 8.26. The lowest BCUT2D eigenvalue weighted by atomic mass is 10.2. The van der Waals surface area contributed by atoms with Crippen LogP contribution in [0.5, 0.6) is 0 Å². The zero-order chi connectivity index (χ0) is 18.0. The lowest BCUT2D eigenvalue weighted by Gasteiger charge is -2.39. The number of carbonyl (C=O) groups is 1. The van der Waals surface area contributed by atoms with Gasteiger partial charge in [0.1, 0.15) is 15.4 Å². The molecule has 1 N–H and O–H groups in total. The molecule has 9 heteroatoms. The normalized spacial score (nSPS) is 21.3. The summed E-state index contributed by atoms with van der Waals surface area (Å²) in [5, 5.41) is 3.21. The smallest absolute Gasteiger partial charge is 0.410 e. The van der Waals surface area contributed by atoms with E-state index in [2.05, 4.69) is 15.2 Å². The van der Waals surface area contributed by atoms with E-state index in [1.807, 2.05) is 20.8 Å². The maximum absolute atomic E-state index is 12.2. The van der Waals surface area contributed by atoms with Crippen molar-refractivity contribution in [2.75, 3.05) is 44.7 Å². The first kappa shape index (κ1) is 18.8. The molecule has 1 fully saturated rings. The Hall–Kier alpha value is -1.51. The molecule has 1 atom stereocenters. The molecule has 0 aromatic heterocycles. The molecule has 2 heterocycles. The topological polar surface area (TPSA) is 91.3 Å². The second kappa shape index (κ2) is 7.16. The van der Waals surface area contributed by atoms with Crippen LogP contribution >= 0.6 is 0 Å². The second-order valence-electron chi connectivity index (χ2n) is 7.35. The number of rotatable bonds is 4. The molecule has 24 heavy (non-hydrogen) atoms. The van der Waals surface area contributed by atoms with E-state index >= 15 is 0 Å². The Labute approximate surface area is 144 Å². The third-order valence-corrected chi connectivity index (χ3v) is 4.86. The van der Waals surface area contributed by atoms with Crippen LogP contribution in [0.1, 0.15) is 27.2 Å².